The maximum Gasteiger partial charge on any atom is 0.311 e. The summed E-state index contributed by atoms with van der Waals surface area (Å²) in [6.07, 6.45) is 0.842. The zero-order chi connectivity index (χ0) is 13.5. The molecule has 0 saturated carbocycles. The predicted molar refractivity (Wildman–Crippen MR) is 60.7 cm³/mol. The molecule has 1 amide bonds. The fourth-order valence-electron chi connectivity index (χ4n) is 1.06. The number of aromatic hydroxyl groups is 1. The third-order valence-electron chi connectivity index (χ3n) is 1.84. The Hall–Kier alpha value is -2.95. The molecule has 0 atom stereocenters. The van der Waals surface area contributed by atoms with Crippen LogP contribution < -0.4 is 5.43 Å². The Labute approximate surface area is 101 Å². The van der Waals surface area contributed by atoms with E-state index in [4.69, 9.17) is 5.26 Å². The summed E-state index contributed by atoms with van der Waals surface area (Å²) in [5, 5.41) is 31.5. The third-order valence-corrected chi connectivity index (χ3v) is 1.84. The van der Waals surface area contributed by atoms with Crippen molar-refractivity contribution in [2.24, 2.45) is 5.10 Å². The lowest BCUT2D eigenvalue weighted by Gasteiger charge is -1.97. The lowest BCUT2D eigenvalue weighted by molar-refractivity contribution is -0.385. The molecule has 0 aromatic heterocycles. The Bertz CT molecular complexity index is 547. The van der Waals surface area contributed by atoms with Gasteiger partial charge in [-0.1, -0.05) is 0 Å². The number of rotatable bonds is 4. The number of nitro groups is 1. The second-order valence-corrected chi connectivity index (χ2v) is 3.13. The number of phenols is 1. The highest BCUT2D eigenvalue weighted by atomic mass is 16.6. The van der Waals surface area contributed by atoms with Crippen LogP contribution in [0.2, 0.25) is 0 Å². The number of nitriles is 1. The van der Waals surface area contributed by atoms with E-state index in [9.17, 15) is 20.0 Å². The normalized spacial score (nSPS) is 9.94. The first-order valence-corrected chi connectivity index (χ1v) is 4.71. The number of phenolic OH excluding ortho intramolecular Hbond substituents is 1. The van der Waals surface area contributed by atoms with E-state index in [0.717, 1.165) is 12.1 Å². The van der Waals surface area contributed by atoms with E-state index in [1.165, 1.54) is 12.3 Å². The maximum absolute atomic E-state index is 10.9. The van der Waals surface area contributed by atoms with E-state index in [-0.39, 0.29) is 6.42 Å². The zero-order valence-corrected chi connectivity index (χ0v) is 9.03. The molecule has 0 bridgehead atoms. The average Bonchev–Trinajstić information content (AvgIpc) is 2.31. The van der Waals surface area contributed by atoms with Crippen LogP contribution in [0, 0.1) is 21.4 Å². The Morgan fingerprint density at radius 1 is 1.67 bits per heavy atom. The summed E-state index contributed by atoms with van der Waals surface area (Å²) in [5.41, 5.74) is 1.95. The van der Waals surface area contributed by atoms with Crippen molar-refractivity contribution in [2.45, 2.75) is 6.42 Å². The first-order valence-electron chi connectivity index (χ1n) is 4.71. The number of hydrogen-bond donors (Lipinski definition) is 2. The Morgan fingerprint density at radius 2 is 2.39 bits per heavy atom. The van der Waals surface area contributed by atoms with Crippen molar-refractivity contribution >= 4 is 17.8 Å². The van der Waals surface area contributed by atoms with Gasteiger partial charge in [-0.2, -0.15) is 10.4 Å². The van der Waals surface area contributed by atoms with Gasteiger partial charge in [-0.25, -0.2) is 5.43 Å². The van der Waals surface area contributed by atoms with E-state index >= 15 is 0 Å². The van der Waals surface area contributed by atoms with Crippen molar-refractivity contribution < 1.29 is 14.8 Å². The van der Waals surface area contributed by atoms with Crippen LogP contribution in [-0.4, -0.2) is 22.2 Å². The number of benzene rings is 1. The molecule has 0 aliphatic carbocycles. The number of nitrogens with zero attached hydrogens (tertiary/aromatic N) is 3. The van der Waals surface area contributed by atoms with Crippen LogP contribution in [-0.2, 0) is 4.79 Å². The van der Waals surface area contributed by atoms with Gasteiger partial charge in [-0.3, -0.25) is 14.9 Å². The van der Waals surface area contributed by atoms with Gasteiger partial charge >= 0.3 is 5.69 Å². The van der Waals surface area contributed by atoms with E-state index in [1.54, 1.807) is 6.07 Å². The molecule has 0 saturated heterocycles. The summed E-state index contributed by atoms with van der Waals surface area (Å²) < 4.78 is 0. The van der Waals surface area contributed by atoms with Crippen molar-refractivity contribution in [1.82, 2.24) is 5.43 Å². The number of amides is 1. The molecule has 0 heterocycles. The van der Waals surface area contributed by atoms with E-state index in [2.05, 4.69) is 10.5 Å². The van der Waals surface area contributed by atoms with Gasteiger partial charge in [-0.05, 0) is 12.1 Å². The number of nitro benzene ring substituents is 1. The van der Waals surface area contributed by atoms with Gasteiger partial charge < -0.3 is 5.11 Å². The minimum atomic E-state index is -0.735. The van der Waals surface area contributed by atoms with Crippen LogP contribution in [0.15, 0.2) is 23.3 Å². The number of nitrogens with one attached hydrogen (secondary N) is 1. The lowest BCUT2D eigenvalue weighted by Crippen LogP contribution is -2.16. The summed E-state index contributed by atoms with van der Waals surface area (Å²) in [6.45, 7) is 0. The molecule has 2 N–H and O–H groups in total. The molecule has 0 unspecified atom stereocenters. The summed E-state index contributed by atoms with van der Waals surface area (Å²) in [4.78, 5) is 20.7. The van der Waals surface area contributed by atoms with Crippen molar-refractivity contribution in [3.8, 4) is 11.8 Å². The molecule has 0 aliphatic rings. The smallest absolute Gasteiger partial charge is 0.311 e. The molecule has 0 aliphatic heterocycles. The maximum atomic E-state index is 10.9. The van der Waals surface area contributed by atoms with Gasteiger partial charge in [0.2, 0.25) is 0 Å². The van der Waals surface area contributed by atoms with Crippen molar-refractivity contribution in [1.29, 1.82) is 5.26 Å². The molecule has 0 radical (unpaired) electrons. The standard InChI is InChI=1S/C10H8N4O4/c11-4-3-10(16)13-12-6-7-1-2-9(15)8(5-7)14(17)18/h1-2,5-6,15H,3H2,(H,13,16). The monoisotopic (exact) mass is 248 g/mol. The molecular formula is C10H8N4O4. The molecule has 1 aromatic rings. The van der Waals surface area contributed by atoms with Gasteiger partial charge in [0, 0.05) is 11.6 Å². The van der Waals surface area contributed by atoms with E-state index < -0.39 is 22.3 Å². The Kier molecular flexibility index (Phi) is 4.34. The minimum Gasteiger partial charge on any atom is -0.502 e. The van der Waals surface area contributed by atoms with Crippen molar-refractivity contribution in [2.75, 3.05) is 0 Å². The van der Waals surface area contributed by atoms with Crippen LogP contribution in [0.3, 0.4) is 0 Å². The first kappa shape index (κ1) is 13.1. The molecule has 8 heteroatoms. The number of carbonyl (C=O) groups is 1. The van der Waals surface area contributed by atoms with E-state index in [0.29, 0.717) is 5.56 Å². The van der Waals surface area contributed by atoms with Crippen LogP contribution in [0.1, 0.15) is 12.0 Å². The Balaban J connectivity index is 2.77. The minimum absolute atomic E-state index is 0.326. The number of hydrogen-bond acceptors (Lipinski definition) is 6. The Morgan fingerprint density at radius 3 is 3.00 bits per heavy atom. The molecule has 1 aromatic carbocycles. The fourth-order valence-corrected chi connectivity index (χ4v) is 1.06. The SMILES string of the molecule is N#CCC(=O)NN=Cc1ccc(O)c([N+](=O)[O-])c1. The fraction of sp³-hybridized carbons (Fsp3) is 0.100. The van der Waals surface area contributed by atoms with Gasteiger partial charge in [0.25, 0.3) is 5.91 Å². The molecule has 0 fully saturated rings. The molecule has 8 nitrogen and oxygen atoms in total. The topological polar surface area (TPSA) is 129 Å². The second kappa shape index (κ2) is 5.95. The van der Waals surface area contributed by atoms with Crippen molar-refractivity contribution in [3.63, 3.8) is 0 Å². The largest absolute Gasteiger partial charge is 0.502 e. The average molecular weight is 248 g/mol. The molecule has 1 rings (SSSR count). The van der Waals surface area contributed by atoms with Crippen LogP contribution in [0.5, 0.6) is 5.75 Å². The van der Waals surface area contributed by atoms with Crippen LogP contribution >= 0.6 is 0 Å². The summed E-state index contributed by atoms with van der Waals surface area (Å²) >= 11 is 0. The second-order valence-electron chi connectivity index (χ2n) is 3.13. The van der Waals surface area contributed by atoms with Crippen LogP contribution in [0.4, 0.5) is 5.69 Å². The first-order chi connectivity index (χ1) is 8.54. The van der Waals surface area contributed by atoms with Gasteiger partial charge in [-0.15, -0.1) is 0 Å². The summed E-state index contributed by atoms with van der Waals surface area (Å²) in [5.74, 6) is -1.03. The predicted octanol–water partition coefficient (Wildman–Crippen LogP) is 0.664. The molecule has 18 heavy (non-hydrogen) atoms. The van der Waals surface area contributed by atoms with Gasteiger partial charge in [0.15, 0.2) is 5.75 Å². The highest BCUT2D eigenvalue weighted by molar-refractivity contribution is 5.84. The summed E-state index contributed by atoms with van der Waals surface area (Å²) in [7, 11) is 0. The van der Waals surface area contributed by atoms with Gasteiger partial charge in [0.1, 0.15) is 6.42 Å². The third kappa shape index (κ3) is 3.57. The summed E-state index contributed by atoms with van der Waals surface area (Å²) in [6, 6.07) is 5.29. The number of hydrazone groups is 1. The molecule has 0 spiro atoms. The zero-order valence-electron chi connectivity index (χ0n) is 9.03. The number of carbonyl (C=O) groups excluding carboxylic acids is 1. The molecular weight excluding hydrogens is 240 g/mol. The van der Waals surface area contributed by atoms with Crippen molar-refractivity contribution in [3.05, 3.63) is 33.9 Å². The van der Waals surface area contributed by atoms with Gasteiger partial charge in [0.05, 0.1) is 17.2 Å². The van der Waals surface area contributed by atoms with E-state index in [1.807, 2.05) is 0 Å². The molecule has 92 valence electrons. The lowest BCUT2D eigenvalue weighted by atomic mass is 10.2. The van der Waals surface area contributed by atoms with Crippen LogP contribution in [0.25, 0.3) is 0 Å². The highest BCUT2D eigenvalue weighted by Crippen LogP contribution is 2.25. The quantitative estimate of drug-likeness (QED) is 0.459. The highest BCUT2D eigenvalue weighted by Gasteiger charge is 2.12.